The van der Waals surface area contributed by atoms with Gasteiger partial charge in [0.05, 0.1) is 10.7 Å². The summed E-state index contributed by atoms with van der Waals surface area (Å²) in [5, 5.41) is 10.6. The number of carbonyl (C=O) groups is 1. The van der Waals surface area contributed by atoms with Crippen LogP contribution >= 0.6 is 27.7 Å². The molecule has 23 heavy (non-hydrogen) atoms. The Balaban J connectivity index is 1.86. The van der Waals surface area contributed by atoms with E-state index >= 15 is 0 Å². The number of amides is 1. The monoisotopic (exact) mass is 394 g/mol. The largest absolute Gasteiger partial charge is 0.341 e. The normalized spacial score (nSPS) is 10.3. The highest BCUT2D eigenvalue weighted by molar-refractivity contribution is 9.10. The van der Waals surface area contributed by atoms with E-state index in [9.17, 15) is 14.9 Å². The van der Waals surface area contributed by atoms with Crippen LogP contribution in [-0.4, -0.2) is 28.5 Å². The Labute approximate surface area is 147 Å². The van der Waals surface area contributed by atoms with Gasteiger partial charge in [-0.2, -0.15) is 0 Å². The molecule has 0 N–H and O–H groups in total. The predicted octanol–water partition coefficient (Wildman–Crippen LogP) is 4.11. The van der Waals surface area contributed by atoms with E-state index in [1.807, 2.05) is 24.3 Å². The van der Waals surface area contributed by atoms with E-state index in [0.717, 1.165) is 14.9 Å². The van der Waals surface area contributed by atoms with E-state index < -0.39 is 4.92 Å². The van der Waals surface area contributed by atoms with Gasteiger partial charge in [-0.15, -0.1) is 11.8 Å². The predicted molar refractivity (Wildman–Crippen MR) is 94.4 cm³/mol. The molecule has 0 fully saturated rings. The molecular weight excluding hydrogens is 380 g/mol. The first-order chi connectivity index (χ1) is 11.0. The molecule has 0 radical (unpaired) electrons. The van der Waals surface area contributed by atoms with Gasteiger partial charge in [-0.05, 0) is 29.8 Å². The standard InChI is InChI=1S/C16H15BrN2O3S/c1-18(10-12-2-4-13(17)5-3-12)16(20)11-23-15-8-6-14(7-9-15)19(21)22/h2-9H,10-11H2,1H3. The van der Waals surface area contributed by atoms with Crippen LogP contribution in [0.1, 0.15) is 5.56 Å². The summed E-state index contributed by atoms with van der Waals surface area (Å²) in [5.74, 6) is 0.307. The Morgan fingerprint density at radius 1 is 1.17 bits per heavy atom. The lowest BCUT2D eigenvalue weighted by molar-refractivity contribution is -0.384. The average molecular weight is 395 g/mol. The maximum absolute atomic E-state index is 12.2. The van der Waals surface area contributed by atoms with Gasteiger partial charge in [-0.3, -0.25) is 14.9 Å². The van der Waals surface area contributed by atoms with Crippen LogP contribution < -0.4 is 0 Å². The summed E-state index contributed by atoms with van der Waals surface area (Å²) in [6.07, 6.45) is 0. The van der Waals surface area contributed by atoms with Crippen molar-refractivity contribution in [3.8, 4) is 0 Å². The van der Waals surface area contributed by atoms with Crippen molar-refractivity contribution in [3.05, 3.63) is 68.7 Å². The minimum absolute atomic E-state index is 0.0104. The highest BCUT2D eigenvalue weighted by Crippen LogP contribution is 2.22. The van der Waals surface area contributed by atoms with Crippen molar-refractivity contribution in [2.45, 2.75) is 11.4 Å². The van der Waals surface area contributed by atoms with Gasteiger partial charge < -0.3 is 4.90 Å². The Morgan fingerprint density at radius 3 is 2.35 bits per heavy atom. The fourth-order valence-corrected chi connectivity index (χ4v) is 2.97. The van der Waals surface area contributed by atoms with Crippen molar-refractivity contribution in [3.63, 3.8) is 0 Å². The Morgan fingerprint density at radius 2 is 1.78 bits per heavy atom. The van der Waals surface area contributed by atoms with Crippen molar-refractivity contribution in [2.75, 3.05) is 12.8 Å². The Kier molecular flexibility index (Phi) is 6.18. The number of halogens is 1. The zero-order valence-electron chi connectivity index (χ0n) is 12.4. The van der Waals surface area contributed by atoms with E-state index in [1.165, 1.54) is 23.9 Å². The molecule has 2 rings (SSSR count). The lowest BCUT2D eigenvalue weighted by Gasteiger charge is -2.17. The third kappa shape index (κ3) is 5.37. The molecule has 5 nitrogen and oxygen atoms in total. The topological polar surface area (TPSA) is 63.5 Å². The van der Waals surface area contributed by atoms with Gasteiger partial charge in [0.15, 0.2) is 0 Å². The van der Waals surface area contributed by atoms with Crippen LogP contribution in [0.4, 0.5) is 5.69 Å². The summed E-state index contributed by atoms with van der Waals surface area (Å²) in [6.45, 7) is 0.549. The van der Waals surface area contributed by atoms with Gasteiger partial charge in [-0.1, -0.05) is 28.1 Å². The molecule has 2 aromatic rings. The molecule has 1 amide bonds. The molecule has 0 saturated carbocycles. The van der Waals surface area contributed by atoms with Gasteiger partial charge in [0.2, 0.25) is 5.91 Å². The van der Waals surface area contributed by atoms with Gasteiger partial charge in [0.25, 0.3) is 5.69 Å². The zero-order chi connectivity index (χ0) is 16.8. The number of thioether (sulfide) groups is 1. The third-order valence-electron chi connectivity index (χ3n) is 3.17. The van der Waals surface area contributed by atoms with Crippen molar-refractivity contribution in [1.82, 2.24) is 4.90 Å². The quantitative estimate of drug-likeness (QED) is 0.420. The van der Waals surface area contributed by atoms with Gasteiger partial charge in [0, 0.05) is 35.1 Å². The molecular formula is C16H15BrN2O3S. The summed E-state index contributed by atoms with van der Waals surface area (Å²) in [6, 6.07) is 14.0. The minimum atomic E-state index is -0.439. The first-order valence-electron chi connectivity index (χ1n) is 6.81. The van der Waals surface area contributed by atoms with Crippen LogP contribution in [0.5, 0.6) is 0 Å². The lowest BCUT2D eigenvalue weighted by Crippen LogP contribution is -2.27. The molecule has 0 heterocycles. The van der Waals surface area contributed by atoms with Crippen molar-refractivity contribution < 1.29 is 9.72 Å². The van der Waals surface area contributed by atoms with Crippen LogP contribution in [0.3, 0.4) is 0 Å². The molecule has 0 bridgehead atoms. The molecule has 7 heteroatoms. The van der Waals surface area contributed by atoms with E-state index in [4.69, 9.17) is 0 Å². The molecule has 0 aliphatic heterocycles. The van der Waals surface area contributed by atoms with Crippen molar-refractivity contribution in [2.24, 2.45) is 0 Å². The summed E-state index contributed by atoms with van der Waals surface area (Å²) < 4.78 is 1.00. The average Bonchev–Trinajstić information content (AvgIpc) is 2.55. The van der Waals surface area contributed by atoms with Crippen molar-refractivity contribution >= 4 is 39.3 Å². The van der Waals surface area contributed by atoms with Crippen LogP contribution in [0.25, 0.3) is 0 Å². The maximum Gasteiger partial charge on any atom is 0.269 e. The molecule has 0 saturated heterocycles. The Hall–Kier alpha value is -1.86. The highest BCUT2D eigenvalue weighted by Gasteiger charge is 2.11. The molecule has 0 aliphatic carbocycles. The van der Waals surface area contributed by atoms with Crippen LogP contribution in [0, 0.1) is 10.1 Å². The number of carbonyl (C=O) groups excluding carboxylic acids is 1. The van der Waals surface area contributed by atoms with Gasteiger partial charge in [0.1, 0.15) is 0 Å². The summed E-state index contributed by atoms with van der Waals surface area (Å²) in [5.41, 5.74) is 1.11. The second-order valence-electron chi connectivity index (χ2n) is 4.92. The first-order valence-corrected chi connectivity index (χ1v) is 8.59. The van der Waals surface area contributed by atoms with Gasteiger partial charge in [-0.25, -0.2) is 0 Å². The van der Waals surface area contributed by atoms with Crippen LogP contribution in [0.15, 0.2) is 57.9 Å². The number of rotatable bonds is 6. The van der Waals surface area contributed by atoms with E-state index in [2.05, 4.69) is 15.9 Å². The summed E-state index contributed by atoms with van der Waals surface area (Å²) in [7, 11) is 1.76. The molecule has 0 aromatic heterocycles. The second-order valence-corrected chi connectivity index (χ2v) is 6.88. The molecule has 0 aliphatic rings. The SMILES string of the molecule is CN(Cc1ccc(Br)cc1)C(=O)CSc1ccc([N+](=O)[O-])cc1. The molecule has 0 atom stereocenters. The molecule has 0 unspecified atom stereocenters. The van der Waals surface area contributed by atoms with Crippen LogP contribution in [-0.2, 0) is 11.3 Å². The van der Waals surface area contributed by atoms with Gasteiger partial charge >= 0.3 is 0 Å². The summed E-state index contributed by atoms with van der Waals surface area (Å²) >= 11 is 4.75. The number of hydrogen-bond donors (Lipinski definition) is 0. The minimum Gasteiger partial charge on any atom is -0.341 e. The fourth-order valence-electron chi connectivity index (χ4n) is 1.87. The van der Waals surface area contributed by atoms with E-state index in [1.54, 1.807) is 24.1 Å². The number of hydrogen-bond acceptors (Lipinski definition) is 4. The Bertz CT molecular complexity index is 689. The third-order valence-corrected chi connectivity index (χ3v) is 4.69. The molecule has 0 spiro atoms. The van der Waals surface area contributed by atoms with Crippen LogP contribution in [0.2, 0.25) is 0 Å². The number of nitrogens with zero attached hydrogens (tertiary/aromatic N) is 2. The second kappa shape index (κ2) is 8.12. The number of nitro groups is 1. The van der Waals surface area contributed by atoms with E-state index in [-0.39, 0.29) is 11.6 Å². The van der Waals surface area contributed by atoms with E-state index in [0.29, 0.717) is 12.3 Å². The maximum atomic E-state index is 12.2. The number of benzene rings is 2. The zero-order valence-corrected chi connectivity index (χ0v) is 14.8. The molecule has 120 valence electrons. The highest BCUT2D eigenvalue weighted by atomic mass is 79.9. The lowest BCUT2D eigenvalue weighted by atomic mass is 10.2. The number of non-ortho nitro benzene ring substituents is 1. The first kappa shape index (κ1) is 17.5. The van der Waals surface area contributed by atoms with Crippen molar-refractivity contribution in [1.29, 1.82) is 0 Å². The smallest absolute Gasteiger partial charge is 0.269 e. The fraction of sp³-hybridized carbons (Fsp3) is 0.188. The number of nitro benzene ring substituents is 1. The summed E-state index contributed by atoms with van der Waals surface area (Å²) in [4.78, 5) is 24.8. The molecule has 2 aromatic carbocycles.